The zero-order chi connectivity index (χ0) is 18.4. The number of nitrogens with one attached hydrogen (secondary N) is 2. The van der Waals surface area contributed by atoms with Crippen molar-refractivity contribution in [2.75, 3.05) is 65.6 Å². The van der Waals surface area contributed by atoms with Crippen LogP contribution in [0.25, 0.3) is 0 Å². The first-order valence-electron chi connectivity index (χ1n) is 10.3. The van der Waals surface area contributed by atoms with Crippen LogP contribution in [-0.2, 0) is 9.47 Å². The molecule has 7 heteroatoms. The minimum Gasteiger partial charge on any atom is -0.379 e. The zero-order valence-corrected chi connectivity index (χ0v) is 16.8. The van der Waals surface area contributed by atoms with Crippen LogP contribution in [-0.4, -0.2) is 99.1 Å². The zero-order valence-electron chi connectivity index (χ0n) is 16.8. The van der Waals surface area contributed by atoms with E-state index in [-0.39, 0.29) is 11.6 Å². The van der Waals surface area contributed by atoms with Gasteiger partial charge in [0.2, 0.25) is 0 Å². The molecular formula is C19H37N5O2. The average molecular weight is 368 g/mol. The Morgan fingerprint density at radius 3 is 2.77 bits per heavy atom. The number of nitrogens with zero attached hydrogens (tertiary/aromatic N) is 3. The highest BCUT2D eigenvalue weighted by Crippen LogP contribution is 2.22. The van der Waals surface area contributed by atoms with E-state index in [1.54, 1.807) is 0 Å². The Balaban J connectivity index is 1.48. The summed E-state index contributed by atoms with van der Waals surface area (Å²) in [6, 6.07) is 0.655. The molecule has 150 valence electrons. The van der Waals surface area contributed by atoms with Gasteiger partial charge in [-0.2, -0.15) is 0 Å². The van der Waals surface area contributed by atoms with Crippen molar-refractivity contribution < 1.29 is 9.47 Å². The summed E-state index contributed by atoms with van der Waals surface area (Å²) >= 11 is 0. The molecule has 0 amide bonds. The molecule has 3 rings (SSSR count). The van der Waals surface area contributed by atoms with Crippen molar-refractivity contribution in [3.8, 4) is 0 Å². The van der Waals surface area contributed by atoms with E-state index in [4.69, 9.17) is 14.5 Å². The third kappa shape index (κ3) is 5.31. The average Bonchev–Trinajstić information content (AvgIpc) is 3.12. The van der Waals surface area contributed by atoms with Crippen molar-refractivity contribution in [2.45, 2.75) is 51.3 Å². The topological polar surface area (TPSA) is 61.4 Å². The summed E-state index contributed by atoms with van der Waals surface area (Å²) in [5, 5.41) is 6.86. The highest BCUT2D eigenvalue weighted by atomic mass is 16.5. The molecule has 3 heterocycles. The Morgan fingerprint density at radius 2 is 2.00 bits per heavy atom. The van der Waals surface area contributed by atoms with Gasteiger partial charge in [-0.3, -0.25) is 14.8 Å². The van der Waals surface area contributed by atoms with Crippen LogP contribution in [0.2, 0.25) is 0 Å². The maximum Gasteiger partial charge on any atom is 0.191 e. The fourth-order valence-corrected chi connectivity index (χ4v) is 4.10. The van der Waals surface area contributed by atoms with Gasteiger partial charge in [-0.1, -0.05) is 0 Å². The van der Waals surface area contributed by atoms with Crippen LogP contribution in [0.3, 0.4) is 0 Å². The van der Waals surface area contributed by atoms with Gasteiger partial charge in [0, 0.05) is 44.3 Å². The summed E-state index contributed by atoms with van der Waals surface area (Å²) in [4.78, 5) is 9.91. The molecule has 0 saturated carbocycles. The van der Waals surface area contributed by atoms with Crippen LogP contribution in [0.1, 0.15) is 33.6 Å². The fourth-order valence-electron chi connectivity index (χ4n) is 4.10. The predicted molar refractivity (Wildman–Crippen MR) is 105 cm³/mol. The number of aliphatic imine (C=N–C) groups is 1. The molecule has 26 heavy (non-hydrogen) atoms. The maximum absolute atomic E-state index is 6.05. The number of rotatable bonds is 6. The molecule has 7 nitrogen and oxygen atoms in total. The number of ether oxygens (including phenoxy) is 2. The maximum atomic E-state index is 6.05. The molecule has 0 aromatic rings. The van der Waals surface area contributed by atoms with Crippen molar-refractivity contribution in [3.63, 3.8) is 0 Å². The Labute approximate surface area is 158 Å². The van der Waals surface area contributed by atoms with Crippen LogP contribution in [0.5, 0.6) is 0 Å². The molecule has 0 radical (unpaired) electrons. The van der Waals surface area contributed by atoms with E-state index < -0.39 is 0 Å². The smallest absolute Gasteiger partial charge is 0.191 e. The minimum atomic E-state index is 0.0379. The first kappa shape index (κ1) is 19.9. The number of morpholine rings is 2. The van der Waals surface area contributed by atoms with Crippen molar-refractivity contribution in [1.29, 1.82) is 0 Å². The van der Waals surface area contributed by atoms with E-state index in [9.17, 15) is 0 Å². The number of fused-ring (bicyclic) bond motifs is 1. The van der Waals surface area contributed by atoms with E-state index in [1.807, 2.05) is 0 Å². The van der Waals surface area contributed by atoms with E-state index in [2.05, 4.69) is 41.2 Å². The normalized spacial score (nSPS) is 28.8. The molecule has 3 saturated heterocycles. The fraction of sp³-hybridized carbons (Fsp3) is 0.947. The first-order valence-corrected chi connectivity index (χ1v) is 10.3. The molecule has 0 aliphatic carbocycles. The summed E-state index contributed by atoms with van der Waals surface area (Å²) in [7, 11) is 0. The summed E-state index contributed by atoms with van der Waals surface area (Å²) in [5.41, 5.74) is 0.0379. The standard InChI is InChI=1S/C19H37N5O2/c1-4-20-18(22-15-19(2,3)24-8-10-25-11-9-24)21-12-17-13-23-7-5-6-16(23)14-26-17/h16-17H,4-15H2,1-3H3,(H2,20,21,22). The van der Waals surface area contributed by atoms with Gasteiger partial charge in [0.05, 0.1) is 32.5 Å². The van der Waals surface area contributed by atoms with Crippen molar-refractivity contribution in [1.82, 2.24) is 20.4 Å². The molecular weight excluding hydrogens is 330 g/mol. The van der Waals surface area contributed by atoms with Crippen LogP contribution in [0.15, 0.2) is 4.99 Å². The summed E-state index contributed by atoms with van der Waals surface area (Å²) < 4.78 is 11.5. The van der Waals surface area contributed by atoms with Crippen molar-refractivity contribution in [2.24, 2.45) is 4.99 Å². The molecule has 3 aliphatic rings. The molecule has 3 aliphatic heterocycles. The molecule has 0 aromatic carbocycles. The lowest BCUT2D eigenvalue weighted by molar-refractivity contribution is -0.0453. The number of hydrogen-bond donors (Lipinski definition) is 2. The van der Waals surface area contributed by atoms with Crippen LogP contribution in [0, 0.1) is 0 Å². The van der Waals surface area contributed by atoms with Gasteiger partial charge < -0.3 is 20.1 Å². The quantitative estimate of drug-likeness (QED) is 0.527. The minimum absolute atomic E-state index is 0.0379. The predicted octanol–water partition coefficient (Wildman–Crippen LogP) is 0.516. The molecule has 0 aromatic heterocycles. The lowest BCUT2D eigenvalue weighted by atomic mass is 10.0. The first-order chi connectivity index (χ1) is 12.6. The third-order valence-corrected chi connectivity index (χ3v) is 5.79. The van der Waals surface area contributed by atoms with Gasteiger partial charge in [-0.15, -0.1) is 0 Å². The third-order valence-electron chi connectivity index (χ3n) is 5.79. The van der Waals surface area contributed by atoms with E-state index in [0.717, 1.165) is 65.0 Å². The van der Waals surface area contributed by atoms with Crippen molar-refractivity contribution in [3.05, 3.63) is 0 Å². The second kappa shape index (κ2) is 9.35. The Hall–Kier alpha value is -0.890. The number of guanidine groups is 1. The summed E-state index contributed by atoms with van der Waals surface area (Å²) in [6.45, 7) is 15.8. The molecule has 3 fully saturated rings. The van der Waals surface area contributed by atoms with Crippen LogP contribution >= 0.6 is 0 Å². The van der Waals surface area contributed by atoms with E-state index >= 15 is 0 Å². The van der Waals surface area contributed by atoms with Gasteiger partial charge >= 0.3 is 0 Å². The SMILES string of the molecule is CCNC(=NCC(C)(C)N1CCOCC1)NCC1CN2CCCC2CO1. The Bertz CT molecular complexity index is 465. The lowest BCUT2D eigenvalue weighted by Gasteiger charge is -2.40. The van der Waals surface area contributed by atoms with Gasteiger partial charge in [0.25, 0.3) is 0 Å². The van der Waals surface area contributed by atoms with Crippen molar-refractivity contribution >= 4 is 5.96 Å². The van der Waals surface area contributed by atoms with Gasteiger partial charge in [0.1, 0.15) is 0 Å². The molecule has 2 N–H and O–H groups in total. The molecule has 2 unspecified atom stereocenters. The molecule has 2 atom stereocenters. The second-order valence-electron chi connectivity index (χ2n) is 8.23. The van der Waals surface area contributed by atoms with Gasteiger partial charge in [-0.25, -0.2) is 0 Å². The Morgan fingerprint density at radius 1 is 1.19 bits per heavy atom. The summed E-state index contributed by atoms with van der Waals surface area (Å²) in [6.07, 6.45) is 2.86. The number of hydrogen-bond acceptors (Lipinski definition) is 5. The lowest BCUT2D eigenvalue weighted by Crippen LogP contribution is -2.53. The van der Waals surface area contributed by atoms with Gasteiger partial charge in [-0.05, 0) is 40.2 Å². The van der Waals surface area contributed by atoms with Gasteiger partial charge in [0.15, 0.2) is 5.96 Å². The van der Waals surface area contributed by atoms with E-state index in [1.165, 1.54) is 19.4 Å². The highest BCUT2D eigenvalue weighted by Gasteiger charge is 2.32. The summed E-state index contributed by atoms with van der Waals surface area (Å²) in [5.74, 6) is 0.890. The second-order valence-corrected chi connectivity index (χ2v) is 8.23. The molecule has 0 spiro atoms. The van der Waals surface area contributed by atoms with Crippen LogP contribution < -0.4 is 10.6 Å². The largest absolute Gasteiger partial charge is 0.379 e. The Kier molecular flexibility index (Phi) is 7.14. The monoisotopic (exact) mass is 367 g/mol. The van der Waals surface area contributed by atoms with Crippen LogP contribution in [0.4, 0.5) is 0 Å². The molecule has 0 bridgehead atoms. The van der Waals surface area contributed by atoms with E-state index in [0.29, 0.717) is 6.04 Å². The highest BCUT2D eigenvalue weighted by molar-refractivity contribution is 5.79.